The van der Waals surface area contributed by atoms with Crippen molar-refractivity contribution in [3.05, 3.63) is 53.7 Å². The van der Waals surface area contributed by atoms with Gasteiger partial charge in [-0.25, -0.2) is 9.37 Å². The van der Waals surface area contributed by atoms with Gasteiger partial charge in [0.05, 0.1) is 18.6 Å². The Morgan fingerprint density at radius 2 is 2.08 bits per heavy atom. The van der Waals surface area contributed by atoms with Crippen LogP contribution in [0.3, 0.4) is 0 Å². The molecule has 1 aliphatic carbocycles. The van der Waals surface area contributed by atoms with Crippen LogP contribution in [0.2, 0.25) is 0 Å². The van der Waals surface area contributed by atoms with E-state index in [1.807, 2.05) is 0 Å². The average molecular weight is 356 g/mol. The number of hydrogen-bond donors (Lipinski definition) is 1. The van der Waals surface area contributed by atoms with Crippen molar-refractivity contribution in [1.82, 2.24) is 14.9 Å². The van der Waals surface area contributed by atoms with Gasteiger partial charge >= 0.3 is 0 Å². The van der Waals surface area contributed by atoms with Gasteiger partial charge in [0.25, 0.3) is 0 Å². The zero-order chi connectivity index (χ0) is 18.1. The molecular formula is C19H21FN4O2. The number of morpholine rings is 1. The Bertz CT molecular complexity index is 825. The van der Waals surface area contributed by atoms with E-state index in [0.29, 0.717) is 49.6 Å². The summed E-state index contributed by atoms with van der Waals surface area (Å²) in [7, 11) is 1.77. The summed E-state index contributed by atoms with van der Waals surface area (Å²) in [5.41, 5.74) is 0.466. The number of rotatable bonds is 4. The lowest BCUT2D eigenvalue weighted by molar-refractivity contribution is -0.142. The van der Waals surface area contributed by atoms with Crippen LogP contribution in [0.5, 0.6) is 0 Å². The molecule has 0 spiro atoms. The zero-order valence-corrected chi connectivity index (χ0v) is 14.6. The summed E-state index contributed by atoms with van der Waals surface area (Å²) < 4.78 is 20.1. The van der Waals surface area contributed by atoms with Crippen LogP contribution in [0.25, 0.3) is 0 Å². The van der Waals surface area contributed by atoms with Gasteiger partial charge in [0, 0.05) is 31.5 Å². The number of ether oxygens (including phenoxy) is 1. The van der Waals surface area contributed by atoms with Gasteiger partial charge in [-0.15, -0.1) is 0 Å². The van der Waals surface area contributed by atoms with Crippen LogP contribution in [-0.2, 0) is 14.9 Å². The SMILES string of the molecule is CNc1nccnc1[C@H]1CN(C(=O)C2(c3ccccc3F)CC2)CCO1. The molecule has 26 heavy (non-hydrogen) atoms. The predicted octanol–water partition coefficient (Wildman–Crippen LogP) is 2.29. The summed E-state index contributed by atoms with van der Waals surface area (Å²) >= 11 is 0. The van der Waals surface area contributed by atoms with E-state index < -0.39 is 5.41 Å². The summed E-state index contributed by atoms with van der Waals surface area (Å²) in [5.74, 6) is 0.308. The fourth-order valence-corrected chi connectivity index (χ4v) is 3.65. The van der Waals surface area contributed by atoms with E-state index in [1.54, 1.807) is 42.5 Å². The summed E-state index contributed by atoms with van der Waals surface area (Å²) in [6.07, 6.45) is 4.24. The van der Waals surface area contributed by atoms with Gasteiger partial charge in [0.2, 0.25) is 5.91 Å². The second-order valence-electron chi connectivity index (χ2n) is 6.71. The Balaban J connectivity index is 1.57. The number of nitrogens with one attached hydrogen (secondary N) is 1. The number of carbonyl (C=O) groups excluding carboxylic acids is 1. The first-order chi connectivity index (χ1) is 12.7. The molecule has 0 bridgehead atoms. The van der Waals surface area contributed by atoms with Crippen LogP contribution < -0.4 is 5.32 Å². The second kappa shape index (κ2) is 6.64. The van der Waals surface area contributed by atoms with Crippen molar-refractivity contribution in [3.63, 3.8) is 0 Å². The minimum absolute atomic E-state index is 0.0224. The largest absolute Gasteiger partial charge is 0.372 e. The van der Waals surface area contributed by atoms with E-state index in [0.717, 1.165) is 0 Å². The normalized spacial score (nSPS) is 21.3. The predicted molar refractivity (Wildman–Crippen MR) is 94.2 cm³/mol. The molecule has 6 nitrogen and oxygen atoms in total. The first-order valence-electron chi connectivity index (χ1n) is 8.80. The number of amides is 1. The van der Waals surface area contributed by atoms with Crippen LogP contribution in [0.1, 0.15) is 30.2 Å². The molecule has 2 heterocycles. The Labute approximate surface area is 151 Å². The average Bonchev–Trinajstić information content (AvgIpc) is 3.49. The summed E-state index contributed by atoms with van der Waals surface area (Å²) in [4.78, 5) is 23.6. The van der Waals surface area contributed by atoms with E-state index in [-0.39, 0.29) is 17.8 Å². The molecule has 4 rings (SSSR count). The first kappa shape index (κ1) is 16.9. The second-order valence-corrected chi connectivity index (χ2v) is 6.71. The molecule has 1 atom stereocenters. The van der Waals surface area contributed by atoms with Crippen LogP contribution in [0.15, 0.2) is 36.7 Å². The van der Waals surface area contributed by atoms with Crippen molar-refractivity contribution in [2.75, 3.05) is 32.1 Å². The lowest BCUT2D eigenvalue weighted by Gasteiger charge is -2.35. The maximum Gasteiger partial charge on any atom is 0.233 e. The smallest absolute Gasteiger partial charge is 0.233 e. The van der Waals surface area contributed by atoms with Gasteiger partial charge < -0.3 is 15.0 Å². The number of hydrogen-bond acceptors (Lipinski definition) is 5. The third kappa shape index (κ3) is 2.82. The number of anilines is 1. The molecule has 1 aliphatic heterocycles. The molecule has 2 aliphatic rings. The fourth-order valence-electron chi connectivity index (χ4n) is 3.65. The van der Waals surface area contributed by atoms with Gasteiger partial charge in [-0.1, -0.05) is 18.2 Å². The van der Waals surface area contributed by atoms with Crippen molar-refractivity contribution in [2.24, 2.45) is 0 Å². The highest BCUT2D eigenvalue weighted by Crippen LogP contribution is 2.50. The van der Waals surface area contributed by atoms with Crippen molar-refractivity contribution in [3.8, 4) is 0 Å². The molecule has 1 N–H and O–H groups in total. The highest BCUT2D eigenvalue weighted by Gasteiger charge is 2.54. The van der Waals surface area contributed by atoms with Crippen LogP contribution in [-0.4, -0.2) is 47.5 Å². The Morgan fingerprint density at radius 1 is 1.31 bits per heavy atom. The Kier molecular flexibility index (Phi) is 4.32. The van der Waals surface area contributed by atoms with Gasteiger partial charge in [-0.2, -0.15) is 0 Å². The molecule has 0 radical (unpaired) electrons. The lowest BCUT2D eigenvalue weighted by Crippen LogP contribution is -2.47. The Morgan fingerprint density at radius 3 is 2.81 bits per heavy atom. The molecular weight excluding hydrogens is 335 g/mol. The van der Waals surface area contributed by atoms with Gasteiger partial charge in [-0.3, -0.25) is 9.78 Å². The maximum absolute atomic E-state index is 14.3. The molecule has 0 unspecified atom stereocenters. The fraction of sp³-hybridized carbons (Fsp3) is 0.421. The topological polar surface area (TPSA) is 67.4 Å². The van der Waals surface area contributed by atoms with E-state index in [2.05, 4.69) is 15.3 Å². The third-order valence-electron chi connectivity index (χ3n) is 5.17. The van der Waals surface area contributed by atoms with Crippen molar-refractivity contribution >= 4 is 11.7 Å². The van der Waals surface area contributed by atoms with Gasteiger partial charge in [0.15, 0.2) is 0 Å². The van der Waals surface area contributed by atoms with Crippen molar-refractivity contribution in [1.29, 1.82) is 0 Å². The molecule has 136 valence electrons. The van der Waals surface area contributed by atoms with E-state index in [1.165, 1.54) is 6.07 Å². The van der Waals surface area contributed by atoms with Gasteiger partial charge in [0.1, 0.15) is 23.4 Å². The van der Waals surface area contributed by atoms with Crippen LogP contribution >= 0.6 is 0 Å². The minimum atomic E-state index is -0.721. The standard InChI is InChI=1S/C19H21FN4O2/c1-21-17-16(22-8-9-23-17)15-12-24(10-11-26-15)18(25)19(6-7-19)13-4-2-3-5-14(13)20/h2-5,8-9,15H,6-7,10-12H2,1H3,(H,21,23)/t15-/m1/s1. The molecule has 1 amide bonds. The summed E-state index contributed by atoms with van der Waals surface area (Å²) in [6.45, 7) is 1.31. The number of nitrogens with zero attached hydrogens (tertiary/aromatic N) is 3. The monoisotopic (exact) mass is 356 g/mol. The molecule has 2 fully saturated rings. The van der Waals surface area contributed by atoms with Gasteiger partial charge in [-0.05, 0) is 18.9 Å². The third-order valence-corrected chi connectivity index (χ3v) is 5.17. The Hall–Kier alpha value is -2.54. The first-order valence-corrected chi connectivity index (χ1v) is 8.80. The number of aromatic nitrogens is 2. The lowest BCUT2D eigenvalue weighted by atomic mass is 9.93. The van der Waals surface area contributed by atoms with Crippen LogP contribution in [0.4, 0.5) is 10.2 Å². The number of halogens is 1. The van der Waals surface area contributed by atoms with Crippen molar-refractivity contribution < 1.29 is 13.9 Å². The minimum Gasteiger partial charge on any atom is -0.372 e. The highest BCUT2D eigenvalue weighted by molar-refractivity contribution is 5.91. The summed E-state index contributed by atoms with van der Waals surface area (Å²) in [5, 5.41) is 3.01. The van der Waals surface area contributed by atoms with E-state index in [9.17, 15) is 9.18 Å². The molecule has 1 aromatic carbocycles. The molecule has 1 saturated heterocycles. The van der Waals surface area contributed by atoms with Crippen LogP contribution in [0, 0.1) is 5.82 Å². The maximum atomic E-state index is 14.3. The number of carbonyl (C=O) groups is 1. The van der Waals surface area contributed by atoms with E-state index in [4.69, 9.17) is 4.74 Å². The summed E-state index contributed by atoms with van der Waals surface area (Å²) in [6, 6.07) is 6.58. The molecule has 1 aromatic heterocycles. The zero-order valence-electron chi connectivity index (χ0n) is 14.6. The molecule has 2 aromatic rings. The molecule has 1 saturated carbocycles. The van der Waals surface area contributed by atoms with E-state index >= 15 is 0 Å². The molecule has 7 heteroatoms. The quantitative estimate of drug-likeness (QED) is 0.910. The highest BCUT2D eigenvalue weighted by atomic mass is 19.1. The number of benzene rings is 1. The van der Waals surface area contributed by atoms with Crippen molar-refractivity contribution in [2.45, 2.75) is 24.4 Å².